The first kappa shape index (κ1) is 14.2. The highest BCUT2D eigenvalue weighted by Gasteiger charge is 2.22. The quantitative estimate of drug-likeness (QED) is 0.806. The monoisotopic (exact) mass is 285 g/mol. The van der Waals surface area contributed by atoms with Crippen LogP contribution >= 0.6 is 0 Å². The van der Waals surface area contributed by atoms with Gasteiger partial charge in [-0.05, 0) is 19.4 Å². The summed E-state index contributed by atoms with van der Waals surface area (Å²) in [5, 5.41) is -0.228. The molecule has 1 N–H and O–H groups in total. The summed E-state index contributed by atoms with van der Waals surface area (Å²) in [7, 11) is -3.48. The van der Waals surface area contributed by atoms with Gasteiger partial charge >= 0.3 is 0 Å². The third-order valence-electron chi connectivity index (χ3n) is 3.31. The standard InChI is InChI=1S/C12H19N3O3S/c1-3-4-6-15-7-5-9-10(8-15)13-12(14-11(9)16)19(2,17)18/h3-8H2,1-2H3,(H,13,14,16). The SMILES string of the molecule is CCCCN1CCc2c(nc(S(C)(=O)=O)[nH]c2=O)C1. The Balaban J connectivity index is 2.32. The number of hydrogen-bond donors (Lipinski definition) is 1. The van der Waals surface area contributed by atoms with Crippen molar-refractivity contribution >= 4 is 9.84 Å². The van der Waals surface area contributed by atoms with E-state index in [1.807, 2.05) is 0 Å². The first-order valence-corrected chi connectivity index (χ1v) is 8.35. The van der Waals surface area contributed by atoms with Crippen LogP contribution in [0.25, 0.3) is 0 Å². The molecule has 0 saturated carbocycles. The van der Waals surface area contributed by atoms with Crippen molar-refractivity contribution in [1.82, 2.24) is 14.9 Å². The van der Waals surface area contributed by atoms with Gasteiger partial charge in [-0.25, -0.2) is 13.4 Å². The molecule has 0 saturated heterocycles. The van der Waals surface area contributed by atoms with Gasteiger partial charge in [-0.3, -0.25) is 14.7 Å². The van der Waals surface area contributed by atoms with Gasteiger partial charge in [0, 0.05) is 24.9 Å². The van der Waals surface area contributed by atoms with E-state index < -0.39 is 9.84 Å². The largest absolute Gasteiger partial charge is 0.297 e. The normalized spacial score (nSPS) is 16.3. The van der Waals surface area contributed by atoms with Crippen molar-refractivity contribution in [2.45, 2.75) is 37.9 Å². The molecule has 0 fully saturated rings. The second-order valence-electron chi connectivity index (χ2n) is 4.95. The summed E-state index contributed by atoms with van der Waals surface area (Å²) in [6.45, 7) is 4.47. The van der Waals surface area contributed by atoms with E-state index in [2.05, 4.69) is 21.8 Å². The number of aromatic nitrogens is 2. The molecule has 2 rings (SSSR count). The minimum absolute atomic E-state index is 0.228. The van der Waals surface area contributed by atoms with Crippen LogP contribution < -0.4 is 5.56 Å². The van der Waals surface area contributed by atoms with Gasteiger partial charge in [-0.2, -0.15) is 0 Å². The Kier molecular flexibility index (Phi) is 4.05. The molecular weight excluding hydrogens is 266 g/mol. The Hall–Kier alpha value is -1.21. The Bertz CT molecular complexity index is 622. The van der Waals surface area contributed by atoms with Crippen LogP contribution in [0.2, 0.25) is 0 Å². The van der Waals surface area contributed by atoms with Crippen LogP contribution in [-0.2, 0) is 22.8 Å². The van der Waals surface area contributed by atoms with E-state index in [9.17, 15) is 13.2 Å². The summed E-state index contributed by atoms with van der Waals surface area (Å²) < 4.78 is 23.0. The molecule has 0 atom stereocenters. The fraction of sp³-hybridized carbons (Fsp3) is 0.667. The number of nitrogens with zero attached hydrogens (tertiary/aromatic N) is 2. The van der Waals surface area contributed by atoms with Crippen molar-refractivity contribution in [3.05, 3.63) is 21.6 Å². The van der Waals surface area contributed by atoms with Gasteiger partial charge in [0.1, 0.15) is 0 Å². The maximum Gasteiger partial charge on any atom is 0.255 e. The zero-order chi connectivity index (χ0) is 14.0. The van der Waals surface area contributed by atoms with Crippen molar-refractivity contribution in [3.63, 3.8) is 0 Å². The van der Waals surface area contributed by atoms with E-state index in [-0.39, 0.29) is 10.7 Å². The number of unbranched alkanes of at least 4 members (excludes halogenated alkanes) is 1. The average molecular weight is 285 g/mol. The second kappa shape index (κ2) is 5.42. The van der Waals surface area contributed by atoms with Crippen LogP contribution in [-0.4, -0.2) is 42.6 Å². The highest BCUT2D eigenvalue weighted by Crippen LogP contribution is 2.15. The van der Waals surface area contributed by atoms with Crippen LogP contribution in [0.4, 0.5) is 0 Å². The van der Waals surface area contributed by atoms with Crippen LogP contribution in [0.3, 0.4) is 0 Å². The van der Waals surface area contributed by atoms with Crippen LogP contribution in [0.5, 0.6) is 0 Å². The lowest BCUT2D eigenvalue weighted by Gasteiger charge is -2.27. The lowest BCUT2D eigenvalue weighted by atomic mass is 10.1. The number of rotatable bonds is 4. The van der Waals surface area contributed by atoms with Crippen molar-refractivity contribution in [3.8, 4) is 0 Å². The number of hydrogen-bond acceptors (Lipinski definition) is 5. The molecular formula is C12H19N3O3S. The lowest BCUT2D eigenvalue weighted by Crippen LogP contribution is -2.36. The zero-order valence-electron chi connectivity index (χ0n) is 11.3. The zero-order valence-corrected chi connectivity index (χ0v) is 12.1. The van der Waals surface area contributed by atoms with E-state index in [0.29, 0.717) is 24.2 Å². The van der Waals surface area contributed by atoms with Crippen molar-refractivity contribution < 1.29 is 8.42 Å². The third-order valence-corrected chi connectivity index (χ3v) is 4.21. The molecule has 1 aromatic heterocycles. The molecule has 0 bridgehead atoms. The van der Waals surface area contributed by atoms with E-state index in [1.165, 1.54) is 0 Å². The first-order chi connectivity index (χ1) is 8.91. The van der Waals surface area contributed by atoms with E-state index in [0.717, 1.165) is 32.2 Å². The van der Waals surface area contributed by atoms with Crippen LogP contribution in [0.1, 0.15) is 31.0 Å². The van der Waals surface area contributed by atoms with Gasteiger partial charge in [0.05, 0.1) is 5.69 Å². The third kappa shape index (κ3) is 3.22. The highest BCUT2D eigenvalue weighted by molar-refractivity contribution is 7.90. The summed E-state index contributed by atoms with van der Waals surface area (Å²) in [5.41, 5.74) is 0.909. The minimum atomic E-state index is -3.48. The summed E-state index contributed by atoms with van der Waals surface area (Å²) in [5.74, 6) is 0. The second-order valence-corrected chi connectivity index (χ2v) is 6.88. The molecule has 106 valence electrons. The summed E-state index contributed by atoms with van der Waals surface area (Å²) in [4.78, 5) is 20.6. The van der Waals surface area contributed by atoms with Gasteiger partial charge < -0.3 is 0 Å². The Morgan fingerprint density at radius 2 is 2.16 bits per heavy atom. The van der Waals surface area contributed by atoms with Gasteiger partial charge in [-0.15, -0.1) is 0 Å². The molecule has 0 aromatic carbocycles. The van der Waals surface area contributed by atoms with Crippen molar-refractivity contribution in [1.29, 1.82) is 0 Å². The average Bonchev–Trinajstić information content (AvgIpc) is 2.34. The molecule has 0 spiro atoms. The van der Waals surface area contributed by atoms with E-state index >= 15 is 0 Å². The fourth-order valence-electron chi connectivity index (χ4n) is 2.22. The summed E-state index contributed by atoms with van der Waals surface area (Å²) in [6, 6.07) is 0. The van der Waals surface area contributed by atoms with Crippen LogP contribution in [0, 0.1) is 0 Å². The molecule has 19 heavy (non-hydrogen) atoms. The van der Waals surface area contributed by atoms with Gasteiger partial charge in [0.15, 0.2) is 0 Å². The molecule has 0 radical (unpaired) electrons. The molecule has 2 heterocycles. The fourth-order valence-corrected chi connectivity index (χ4v) is 2.77. The highest BCUT2D eigenvalue weighted by atomic mass is 32.2. The van der Waals surface area contributed by atoms with Crippen molar-refractivity contribution in [2.24, 2.45) is 0 Å². The molecule has 0 unspecified atom stereocenters. The lowest BCUT2D eigenvalue weighted by molar-refractivity contribution is 0.244. The molecule has 0 aliphatic carbocycles. The molecule has 6 nitrogen and oxygen atoms in total. The maximum absolute atomic E-state index is 11.9. The van der Waals surface area contributed by atoms with E-state index in [1.54, 1.807) is 0 Å². The summed E-state index contributed by atoms with van der Waals surface area (Å²) >= 11 is 0. The molecule has 0 amide bonds. The maximum atomic E-state index is 11.9. The molecule has 1 aliphatic heterocycles. The van der Waals surface area contributed by atoms with Crippen molar-refractivity contribution in [2.75, 3.05) is 19.3 Å². The Labute approximate surface area is 112 Å². The van der Waals surface area contributed by atoms with Crippen LogP contribution in [0.15, 0.2) is 9.95 Å². The Morgan fingerprint density at radius 1 is 1.42 bits per heavy atom. The van der Waals surface area contributed by atoms with Gasteiger partial charge in [0.2, 0.25) is 15.0 Å². The first-order valence-electron chi connectivity index (χ1n) is 6.46. The molecule has 1 aromatic rings. The summed E-state index contributed by atoms with van der Waals surface area (Å²) in [6.07, 6.45) is 3.89. The number of aromatic amines is 1. The number of sulfone groups is 1. The topological polar surface area (TPSA) is 83.1 Å². The molecule has 7 heteroatoms. The van der Waals surface area contributed by atoms with Gasteiger partial charge in [0.25, 0.3) is 5.56 Å². The smallest absolute Gasteiger partial charge is 0.255 e. The number of nitrogens with one attached hydrogen (secondary N) is 1. The van der Waals surface area contributed by atoms with E-state index in [4.69, 9.17) is 0 Å². The minimum Gasteiger partial charge on any atom is -0.297 e. The predicted molar refractivity (Wildman–Crippen MR) is 71.9 cm³/mol. The Morgan fingerprint density at radius 3 is 2.79 bits per heavy atom. The molecule has 1 aliphatic rings. The number of H-pyrrole nitrogens is 1. The number of fused-ring (bicyclic) bond motifs is 1. The van der Waals surface area contributed by atoms with Gasteiger partial charge in [-0.1, -0.05) is 13.3 Å². The predicted octanol–water partition coefficient (Wildman–Crippen LogP) is 0.332.